The van der Waals surface area contributed by atoms with Crippen LogP contribution in [0.3, 0.4) is 0 Å². The lowest BCUT2D eigenvalue weighted by molar-refractivity contribution is 0.0685. The number of nitriles is 1. The van der Waals surface area contributed by atoms with Crippen LogP contribution in [0.15, 0.2) is 41.8 Å². The number of aromatic nitrogens is 3. The average molecular weight is 470 g/mol. The third-order valence-electron chi connectivity index (χ3n) is 6.36. The quantitative estimate of drug-likeness (QED) is 0.601. The number of aliphatic hydroxyl groups is 1. The number of amidine groups is 1. The van der Waals surface area contributed by atoms with Gasteiger partial charge in [-0.2, -0.15) is 5.26 Å². The van der Waals surface area contributed by atoms with Crippen molar-refractivity contribution in [3.63, 3.8) is 0 Å². The Morgan fingerprint density at radius 1 is 1.24 bits per heavy atom. The van der Waals surface area contributed by atoms with Crippen LogP contribution in [-0.4, -0.2) is 42.5 Å². The first-order valence-corrected chi connectivity index (χ1v) is 10.8. The molecule has 168 valence electrons. The maximum atomic E-state index is 15.0. The summed E-state index contributed by atoms with van der Waals surface area (Å²) in [6.45, 7) is 0.620. The van der Waals surface area contributed by atoms with Crippen LogP contribution >= 0.6 is 11.8 Å². The minimum Gasteiger partial charge on any atom is -0.395 e. The van der Waals surface area contributed by atoms with E-state index < -0.39 is 34.6 Å². The van der Waals surface area contributed by atoms with Gasteiger partial charge in [-0.15, -0.1) is 0 Å². The molecule has 7 nitrogen and oxygen atoms in total. The first kappa shape index (κ1) is 21.6. The Hall–Kier alpha value is -3.23. The van der Waals surface area contributed by atoms with Gasteiger partial charge in [-0.05, 0) is 24.6 Å². The van der Waals surface area contributed by atoms with Crippen molar-refractivity contribution in [2.24, 2.45) is 16.6 Å². The molecular formula is C22H17F3N6OS. The molecule has 33 heavy (non-hydrogen) atoms. The van der Waals surface area contributed by atoms with Gasteiger partial charge in [0.2, 0.25) is 0 Å². The summed E-state index contributed by atoms with van der Waals surface area (Å²) in [4.78, 5) is 16.9. The molecule has 0 unspecified atom stereocenters. The van der Waals surface area contributed by atoms with Gasteiger partial charge < -0.3 is 10.8 Å². The minimum atomic E-state index is -3.26. The molecule has 11 heteroatoms. The van der Waals surface area contributed by atoms with Crippen molar-refractivity contribution in [3.8, 4) is 6.07 Å². The number of halogens is 3. The number of nitrogens with two attached hydrogens (primary N) is 1. The summed E-state index contributed by atoms with van der Waals surface area (Å²) in [6.07, 6.45) is 2.98. The van der Waals surface area contributed by atoms with Crippen molar-refractivity contribution in [1.29, 1.82) is 5.26 Å². The average Bonchev–Trinajstić information content (AvgIpc) is 3.30. The highest BCUT2D eigenvalue weighted by Crippen LogP contribution is 2.74. The smallest absolute Gasteiger partial charge is 0.272 e. The van der Waals surface area contributed by atoms with Gasteiger partial charge in [0.1, 0.15) is 28.5 Å². The van der Waals surface area contributed by atoms with Gasteiger partial charge in [0.05, 0.1) is 34.8 Å². The molecule has 0 bridgehead atoms. The summed E-state index contributed by atoms with van der Waals surface area (Å²) >= 11 is 0.641. The van der Waals surface area contributed by atoms with Crippen LogP contribution in [-0.2, 0) is 12.0 Å². The number of aliphatic hydroxyl groups excluding tert-OH is 1. The second-order valence-corrected chi connectivity index (χ2v) is 9.67. The van der Waals surface area contributed by atoms with Crippen LogP contribution in [0.1, 0.15) is 29.3 Å². The van der Waals surface area contributed by atoms with E-state index in [0.29, 0.717) is 39.6 Å². The molecule has 5 rings (SSSR count). The SMILES string of the molecule is C[C@]1(c2cc(Cc3ncnc4cc(C#N)cnc34)ccc2F)N=C(N)S[C@@]2(CO)[C@@H]1C2(F)F. The lowest BCUT2D eigenvalue weighted by Gasteiger charge is -2.32. The maximum absolute atomic E-state index is 15.0. The molecular weight excluding hydrogens is 453 g/mol. The van der Waals surface area contributed by atoms with Crippen molar-refractivity contribution in [1.82, 2.24) is 15.0 Å². The van der Waals surface area contributed by atoms with E-state index in [2.05, 4.69) is 19.9 Å². The predicted octanol–water partition coefficient (Wildman–Crippen LogP) is 2.90. The van der Waals surface area contributed by atoms with Crippen molar-refractivity contribution >= 4 is 28.0 Å². The Kier molecular flexibility index (Phi) is 4.67. The molecule has 0 saturated heterocycles. The van der Waals surface area contributed by atoms with Crippen molar-refractivity contribution in [3.05, 3.63) is 65.0 Å². The summed E-state index contributed by atoms with van der Waals surface area (Å²) in [7, 11) is 0. The van der Waals surface area contributed by atoms with Gasteiger partial charge in [-0.1, -0.05) is 23.9 Å². The molecule has 3 heterocycles. The van der Waals surface area contributed by atoms with E-state index in [9.17, 15) is 18.3 Å². The maximum Gasteiger partial charge on any atom is 0.272 e. The number of pyridine rings is 1. The van der Waals surface area contributed by atoms with Crippen molar-refractivity contribution < 1.29 is 18.3 Å². The minimum absolute atomic E-state index is 0.0265. The van der Waals surface area contributed by atoms with E-state index in [0.717, 1.165) is 0 Å². The molecule has 1 aliphatic carbocycles. The van der Waals surface area contributed by atoms with Gasteiger partial charge >= 0.3 is 0 Å². The number of hydrogen-bond acceptors (Lipinski definition) is 8. The highest BCUT2D eigenvalue weighted by atomic mass is 32.2. The number of rotatable bonds is 4. The van der Waals surface area contributed by atoms with Crippen LogP contribution in [0, 0.1) is 23.1 Å². The fraction of sp³-hybridized carbons (Fsp3) is 0.318. The van der Waals surface area contributed by atoms with E-state index >= 15 is 0 Å². The molecule has 3 aromatic rings. The normalized spacial score (nSPS) is 27.5. The molecule has 0 spiro atoms. The number of aliphatic imine (C=N–C) groups is 1. The molecule has 1 aliphatic heterocycles. The molecule has 1 aromatic carbocycles. The lowest BCUT2D eigenvalue weighted by Crippen LogP contribution is -2.37. The highest BCUT2D eigenvalue weighted by molar-refractivity contribution is 8.15. The lowest BCUT2D eigenvalue weighted by atomic mass is 9.84. The number of benzene rings is 1. The number of nitrogens with zero attached hydrogens (tertiary/aromatic N) is 5. The Bertz CT molecular complexity index is 1380. The number of hydrogen-bond donors (Lipinski definition) is 2. The Morgan fingerprint density at radius 2 is 2.03 bits per heavy atom. The number of thioether (sulfide) groups is 1. The van der Waals surface area contributed by atoms with E-state index in [-0.39, 0.29) is 17.2 Å². The third kappa shape index (κ3) is 3.01. The summed E-state index contributed by atoms with van der Waals surface area (Å²) in [5, 5.41) is 18.7. The standard InChI is InChI=1S/C22H17F3N6OS/c1-20(18-21(9-32,22(18,24)25)33-19(27)31-20)13-4-11(2-3-14(13)23)5-15-17-16(30-10-29-15)6-12(7-26)8-28-17/h2-4,6,8,10,18,32H,5,9H2,1H3,(H2,27,31)/t18-,20-,21+/m1/s1. The zero-order valence-electron chi connectivity index (χ0n) is 17.3. The first-order chi connectivity index (χ1) is 15.7. The van der Waals surface area contributed by atoms with Gasteiger partial charge in [0.15, 0.2) is 5.17 Å². The van der Waals surface area contributed by atoms with Crippen molar-refractivity contribution in [2.45, 2.75) is 29.6 Å². The van der Waals surface area contributed by atoms with Gasteiger partial charge in [0.25, 0.3) is 5.92 Å². The number of fused-ring (bicyclic) bond motifs is 2. The fourth-order valence-corrected chi connectivity index (χ4v) is 6.13. The fourth-order valence-electron chi connectivity index (χ4n) is 4.76. The second-order valence-electron chi connectivity index (χ2n) is 8.32. The van der Waals surface area contributed by atoms with Crippen LogP contribution in [0.4, 0.5) is 13.2 Å². The molecule has 1 fully saturated rings. The summed E-state index contributed by atoms with van der Waals surface area (Å²) in [5.74, 6) is -5.36. The Labute approximate surface area is 190 Å². The molecule has 2 aliphatic rings. The van der Waals surface area contributed by atoms with Crippen LogP contribution in [0.25, 0.3) is 11.0 Å². The molecule has 0 amide bonds. The zero-order valence-corrected chi connectivity index (χ0v) is 18.1. The summed E-state index contributed by atoms with van der Waals surface area (Å²) in [5.41, 5.74) is 6.62. The Balaban J connectivity index is 1.57. The van der Waals surface area contributed by atoms with Crippen LogP contribution < -0.4 is 5.73 Å². The van der Waals surface area contributed by atoms with E-state index in [1.807, 2.05) is 6.07 Å². The zero-order chi connectivity index (χ0) is 23.6. The topological polar surface area (TPSA) is 121 Å². The van der Waals surface area contributed by atoms with Gasteiger partial charge in [-0.3, -0.25) is 9.98 Å². The molecule has 1 saturated carbocycles. The molecule has 3 atom stereocenters. The number of alkyl halides is 2. The van der Waals surface area contributed by atoms with Crippen LogP contribution in [0.5, 0.6) is 0 Å². The predicted molar refractivity (Wildman–Crippen MR) is 116 cm³/mol. The summed E-state index contributed by atoms with van der Waals surface area (Å²) < 4.78 is 42.9. The Morgan fingerprint density at radius 3 is 2.76 bits per heavy atom. The van der Waals surface area contributed by atoms with E-state index in [1.54, 1.807) is 6.07 Å². The molecule has 2 aromatic heterocycles. The molecule has 0 radical (unpaired) electrons. The second kappa shape index (κ2) is 7.13. The summed E-state index contributed by atoms with van der Waals surface area (Å²) in [6, 6.07) is 7.81. The van der Waals surface area contributed by atoms with E-state index in [1.165, 1.54) is 37.6 Å². The van der Waals surface area contributed by atoms with Gasteiger partial charge in [-0.25, -0.2) is 23.1 Å². The van der Waals surface area contributed by atoms with Crippen LogP contribution in [0.2, 0.25) is 0 Å². The monoisotopic (exact) mass is 470 g/mol. The van der Waals surface area contributed by atoms with Crippen molar-refractivity contribution in [2.75, 3.05) is 6.61 Å². The largest absolute Gasteiger partial charge is 0.395 e. The van der Waals surface area contributed by atoms with Gasteiger partial charge in [0, 0.05) is 18.2 Å². The first-order valence-electron chi connectivity index (χ1n) is 9.98. The highest BCUT2D eigenvalue weighted by Gasteiger charge is 2.87. The third-order valence-corrected chi connectivity index (χ3v) is 7.67. The molecule has 3 N–H and O–H groups in total. The van der Waals surface area contributed by atoms with E-state index in [4.69, 9.17) is 11.0 Å².